The zero-order valence-electron chi connectivity index (χ0n) is 19.4. The molecule has 1 saturated heterocycles. The number of aromatic nitrogens is 1. The molecule has 34 heavy (non-hydrogen) atoms. The molecule has 0 radical (unpaired) electrons. The molecule has 0 spiro atoms. The van der Waals surface area contributed by atoms with Crippen LogP contribution in [0.4, 0.5) is 0 Å². The van der Waals surface area contributed by atoms with Crippen molar-refractivity contribution in [2.75, 3.05) is 6.61 Å². The topological polar surface area (TPSA) is 63.5 Å². The van der Waals surface area contributed by atoms with E-state index in [4.69, 9.17) is 4.74 Å². The van der Waals surface area contributed by atoms with Crippen molar-refractivity contribution in [3.05, 3.63) is 64.2 Å². The smallest absolute Gasteiger partial charge is 0.252 e. The molecule has 3 aliphatic rings. The summed E-state index contributed by atoms with van der Waals surface area (Å²) >= 11 is 0. The number of fused-ring (bicyclic) bond motifs is 10. The van der Waals surface area contributed by atoms with E-state index in [0.717, 1.165) is 66.7 Å². The fraction of sp³-hybridized carbons (Fsp3) is 0.345. The Morgan fingerprint density at radius 3 is 2.82 bits per heavy atom. The van der Waals surface area contributed by atoms with Gasteiger partial charge in [0.1, 0.15) is 5.75 Å². The highest BCUT2D eigenvalue weighted by Crippen LogP contribution is 2.47. The Hall–Kier alpha value is -3.31. The molecule has 1 aliphatic carbocycles. The predicted octanol–water partition coefficient (Wildman–Crippen LogP) is 5.77. The van der Waals surface area contributed by atoms with Gasteiger partial charge in [-0.15, -0.1) is 0 Å². The van der Waals surface area contributed by atoms with Gasteiger partial charge in [0.15, 0.2) is 0 Å². The summed E-state index contributed by atoms with van der Waals surface area (Å²) in [7, 11) is 0. The van der Waals surface area contributed by atoms with Crippen molar-refractivity contribution in [3.63, 3.8) is 0 Å². The van der Waals surface area contributed by atoms with Crippen molar-refractivity contribution in [2.24, 2.45) is 0 Å². The summed E-state index contributed by atoms with van der Waals surface area (Å²) in [5, 5.41) is 15.6. The Morgan fingerprint density at radius 1 is 1.09 bits per heavy atom. The highest BCUT2D eigenvalue weighted by molar-refractivity contribution is 6.19. The Bertz CT molecular complexity index is 1510. The quantitative estimate of drug-likeness (QED) is 0.406. The van der Waals surface area contributed by atoms with Crippen LogP contribution in [-0.4, -0.2) is 22.2 Å². The first-order valence-electron chi connectivity index (χ1n) is 12.5. The molecule has 3 aromatic carbocycles. The van der Waals surface area contributed by atoms with Crippen molar-refractivity contribution in [2.45, 2.75) is 58.2 Å². The van der Waals surface area contributed by atoms with Crippen LogP contribution in [0.3, 0.4) is 0 Å². The number of amides is 1. The molecule has 2 N–H and O–H groups in total. The molecule has 5 nitrogen and oxygen atoms in total. The number of phenolic OH excluding ortho intramolecular Hbond substituents is 1. The van der Waals surface area contributed by atoms with Crippen molar-refractivity contribution in [1.29, 1.82) is 0 Å². The number of phenols is 1. The van der Waals surface area contributed by atoms with Crippen LogP contribution in [0, 0.1) is 0 Å². The molecule has 172 valence electrons. The number of hydrogen-bond acceptors (Lipinski definition) is 3. The lowest BCUT2D eigenvalue weighted by atomic mass is 9.80. The molecule has 1 unspecified atom stereocenters. The average molecular weight is 453 g/mol. The number of aromatic hydroxyl groups is 1. The van der Waals surface area contributed by atoms with Gasteiger partial charge in [0, 0.05) is 41.5 Å². The third-order valence-electron chi connectivity index (χ3n) is 8.05. The lowest BCUT2D eigenvalue weighted by Crippen LogP contribution is -2.15. The summed E-state index contributed by atoms with van der Waals surface area (Å²) in [5.41, 5.74) is 10.2. The molecule has 1 aromatic heterocycles. The zero-order valence-corrected chi connectivity index (χ0v) is 19.4. The normalized spacial score (nSPS) is 19.2. The lowest BCUT2D eigenvalue weighted by Gasteiger charge is -2.24. The van der Waals surface area contributed by atoms with Gasteiger partial charge in [0.05, 0.1) is 17.2 Å². The van der Waals surface area contributed by atoms with E-state index in [1.165, 1.54) is 39.4 Å². The highest BCUT2D eigenvalue weighted by Gasteiger charge is 2.34. The molecular formula is C29H28N2O3. The molecule has 5 heteroatoms. The maximum atomic E-state index is 13.2. The average Bonchev–Trinajstić information content (AvgIpc) is 3.41. The maximum absolute atomic E-state index is 13.2. The summed E-state index contributed by atoms with van der Waals surface area (Å²) in [4.78, 5) is 13.2. The first-order chi connectivity index (χ1) is 16.7. The van der Waals surface area contributed by atoms with Crippen LogP contribution in [0.25, 0.3) is 32.9 Å². The lowest BCUT2D eigenvalue weighted by molar-refractivity contribution is 0.0150. The van der Waals surface area contributed by atoms with E-state index in [1.807, 2.05) is 12.1 Å². The van der Waals surface area contributed by atoms with E-state index in [1.54, 1.807) is 6.07 Å². The number of hydrogen-bond donors (Lipinski definition) is 2. The van der Waals surface area contributed by atoms with Crippen molar-refractivity contribution in [3.8, 4) is 16.9 Å². The Kier molecular flexibility index (Phi) is 4.34. The van der Waals surface area contributed by atoms with Crippen molar-refractivity contribution >= 4 is 27.7 Å². The van der Waals surface area contributed by atoms with Crippen LogP contribution < -0.4 is 5.32 Å². The van der Waals surface area contributed by atoms with Crippen LogP contribution in [0.1, 0.15) is 64.9 Å². The zero-order chi connectivity index (χ0) is 23.0. The molecule has 2 aliphatic heterocycles. The largest absolute Gasteiger partial charge is 0.508 e. The Morgan fingerprint density at radius 2 is 2.00 bits per heavy atom. The second kappa shape index (κ2) is 7.34. The van der Waals surface area contributed by atoms with Gasteiger partial charge in [-0.25, -0.2) is 0 Å². The van der Waals surface area contributed by atoms with Gasteiger partial charge in [-0.1, -0.05) is 12.1 Å². The van der Waals surface area contributed by atoms with Crippen LogP contribution in [0.2, 0.25) is 0 Å². The van der Waals surface area contributed by atoms with Crippen molar-refractivity contribution in [1.82, 2.24) is 9.88 Å². The predicted molar refractivity (Wildman–Crippen MR) is 133 cm³/mol. The highest BCUT2D eigenvalue weighted by atomic mass is 16.5. The molecule has 1 fully saturated rings. The third-order valence-corrected chi connectivity index (χ3v) is 8.05. The number of aryl methyl sites for hydroxylation is 3. The summed E-state index contributed by atoms with van der Waals surface area (Å²) in [5.74, 6) is 0.294. The van der Waals surface area contributed by atoms with Gasteiger partial charge in [0.2, 0.25) is 0 Å². The Balaban J connectivity index is 1.59. The fourth-order valence-electron chi connectivity index (χ4n) is 6.58. The number of rotatable bonds is 2. The molecule has 0 bridgehead atoms. The first kappa shape index (κ1) is 20.1. The van der Waals surface area contributed by atoms with Crippen LogP contribution in [0.5, 0.6) is 5.75 Å². The number of nitrogens with zero attached hydrogens (tertiary/aromatic N) is 1. The standard InChI is InChI=1S/C29H28N2O3/c1-2-31-23-11-7-17(24-5-3-4-12-34-24)14-21(23)26-22-15-30-29(33)27(22)25-19-10-8-18(32)13-16(19)6-9-20(25)28(26)31/h7-8,10-11,13-14,24,32H,2-6,9,12,15H2,1H3,(H,30,33). The van der Waals surface area contributed by atoms with E-state index in [-0.39, 0.29) is 17.8 Å². The molecule has 4 aromatic rings. The van der Waals surface area contributed by atoms with Crippen LogP contribution in [0.15, 0.2) is 36.4 Å². The van der Waals surface area contributed by atoms with E-state index in [2.05, 4.69) is 35.0 Å². The fourth-order valence-corrected chi connectivity index (χ4v) is 6.58. The molecule has 7 rings (SSSR count). The van der Waals surface area contributed by atoms with Crippen LogP contribution in [-0.2, 0) is 30.7 Å². The first-order valence-corrected chi connectivity index (χ1v) is 12.5. The number of carbonyl (C=O) groups excluding carboxylic acids is 1. The van der Waals surface area contributed by atoms with E-state index in [9.17, 15) is 9.90 Å². The third kappa shape index (κ3) is 2.67. The van der Waals surface area contributed by atoms with Crippen molar-refractivity contribution < 1.29 is 14.6 Å². The van der Waals surface area contributed by atoms with E-state index in [0.29, 0.717) is 6.54 Å². The summed E-state index contributed by atoms with van der Waals surface area (Å²) < 4.78 is 8.55. The van der Waals surface area contributed by atoms with Gasteiger partial charge in [-0.3, -0.25) is 4.79 Å². The van der Waals surface area contributed by atoms with E-state index >= 15 is 0 Å². The molecular weight excluding hydrogens is 424 g/mol. The van der Waals surface area contributed by atoms with Crippen LogP contribution >= 0.6 is 0 Å². The van der Waals surface area contributed by atoms with Gasteiger partial charge in [0.25, 0.3) is 5.91 Å². The minimum Gasteiger partial charge on any atom is -0.508 e. The number of carbonyl (C=O) groups is 1. The number of ether oxygens (including phenoxy) is 1. The monoisotopic (exact) mass is 452 g/mol. The summed E-state index contributed by atoms with van der Waals surface area (Å²) in [6.07, 6.45) is 5.28. The van der Waals surface area contributed by atoms with E-state index < -0.39 is 0 Å². The minimum atomic E-state index is 0.0123. The molecule has 1 atom stereocenters. The number of nitrogens with one attached hydrogen (secondary N) is 1. The molecule has 1 amide bonds. The SMILES string of the molecule is CCn1c2ccc(C3CCCCO3)cc2c2c3c(c4c(c21)CCc1cc(O)ccc1-4)C(=O)NC3. The van der Waals surface area contributed by atoms with Gasteiger partial charge in [-0.05, 0) is 91.1 Å². The Labute approximate surface area is 198 Å². The number of benzene rings is 3. The van der Waals surface area contributed by atoms with Gasteiger partial charge in [-0.2, -0.15) is 0 Å². The molecule has 0 saturated carbocycles. The summed E-state index contributed by atoms with van der Waals surface area (Å²) in [6, 6.07) is 12.4. The van der Waals surface area contributed by atoms with Gasteiger partial charge >= 0.3 is 0 Å². The maximum Gasteiger partial charge on any atom is 0.252 e. The van der Waals surface area contributed by atoms with Gasteiger partial charge < -0.3 is 19.7 Å². The second-order valence-electron chi connectivity index (χ2n) is 9.83. The molecule has 3 heterocycles. The minimum absolute atomic E-state index is 0.0123. The summed E-state index contributed by atoms with van der Waals surface area (Å²) in [6.45, 7) is 4.46. The second-order valence-corrected chi connectivity index (χ2v) is 9.83.